The van der Waals surface area contributed by atoms with Crippen molar-refractivity contribution in [1.82, 2.24) is 10.2 Å². The van der Waals surface area contributed by atoms with Gasteiger partial charge in [-0.2, -0.15) is 0 Å². The van der Waals surface area contributed by atoms with Gasteiger partial charge in [0.2, 0.25) is 0 Å². The Balaban J connectivity index is 1.94. The van der Waals surface area contributed by atoms with Crippen molar-refractivity contribution in [3.05, 3.63) is 57.8 Å². The van der Waals surface area contributed by atoms with Crippen LogP contribution in [0.25, 0.3) is 11.1 Å². The third-order valence-electron chi connectivity index (χ3n) is 4.74. The lowest BCUT2D eigenvalue weighted by molar-refractivity contribution is 0.0675. The lowest BCUT2D eigenvalue weighted by Gasteiger charge is -2.33. The molecule has 0 aliphatic carbocycles. The summed E-state index contributed by atoms with van der Waals surface area (Å²) in [5.74, 6) is -0.0345. The van der Waals surface area contributed by atoms with E-state index in [1.165, 1.54) is 12.1 Å². The summed E-state index contributed by atoms with van der Waals surface area (Å²) in [6, 6.07) is 9.32. The van der Waals surface area contributed by atoms with Crippen molar-refractivity contribution in [2.24, 2.45) is 5.92 Å². The summed E-state index contributed by atoms with van der Waals surface area (Å²) in [5.41, 5.74) is 1.69. The zero-order chi connectivity index (χ0) is 18.7. The molecule has 1 amide bonds. The monoisotopic (exact) mass is 394 g/mol. The first kappa shape index (κ1) is 19.2. The fourth-order valence-corrected chi connectivity index (χ4v) is 3.78. The topological polar surface area (TPSA) is 32.3 Å². The smallest absolute Gasteiger partial charge is 0.254 e. The van der Waals surface area contributed by atoms with E-state index in [0.29, 0.717) is 39.2 Å². The maximum Gasteiger partial charge on any atom is 0.254 e. The van der Waals surface area contributed by atoms with Crippen molar-refractivity contribution in [2.45, 2.75) is 12.8 Å². The number of nitrogens with one attached hydrogen (secondary N) is 1. The molecule has 6 heteroatoms. The molecule has 1 atom stereocenters. The first-order valence-electron chi connectivity index (χ1n) is 8.68. The van der Waals surface area contributed by atoms with Gasteiger partial charge in [-0.05, 0) is 73.8 Å². The summed E-state index contributed by atoms with van der Waals surface area (Å²) in [6.07, 6.45) is 2.08. The highest BCUT2D eigenvalue weighted by Gasteiger charge is 2.26. The zero-order valence-corrected chi connectivity index (χ0v) is 16.1. The second-order valence-corrected chi connectivity index (χ2v) is 7.45. The predicted molar refractivity (Wildman–Crippen MR) is 104 cm³/mol. The van der Waals surface area contributed by atoms with Crippen LogP contribution in [0.4, 0.5) is 4.39 Å². The Kier molecular flexibility index (Phi) is 6.17. The average molecular weight is 395 g/mol. The fourth-order valence-electron chi connectivity index (χ4n) is 3.48. The molecular weight excluding hydrogens is 374 g/mol. The highest BCUT2D eigenvalue weighted by molar-refractivity contribution is 6.42. The second kappa shape index (κ2) is 8.38. The quantitative estimate of drug-likeness (QED) is 0.801. The number of halogens is 3. The SMILES string of the molecule is CNCC1CCCN(C(=O)c2ccc(F)cc2-c2ccc(Cl)c(Cl)c2)C1. The minimum Gasteiger partial charge on any atom is -0.338 e. The van der Waals surface area contributed by atoms with Crippen molar-refractivity contribution < 1.29 is 9.18 Å². The van der Waals surface area contributed by atoms with Crippen molar-refractivity contribution in [3.8, 4) is 11.1 Å². The van der Waals surface area contributed by atoms with E-state index < -0.39 is 5.82 Å². The van der Waals surface area contributed by atoms with Crippen LogP contribution in [0.15, 0.2) is 36.4 Å². The number of carbonyl (C=O) groups is 1. The molecule has 0 aromatic heterocycles. The molecule has 138 valence electrons. The first-order valence-corrected chi connectivity index (χ1v) is 9.44. The van der Waals surface area contributed by atoms with Crippen LogP contribution in [-0.2, 0) is 0 Å². The maximum atomic E-state index is 13.9. The van der Waals surface area contributed by atoms with Crippen LogP contribution in [0.1, 0.15) is 23.2 Å². The minimum absolute atomic E-state index is 0.0770. The Morgan fingerprint density at radius 2 is 2.04 bits per heavy atom. The summed E-state index contributed by atoms with van der Waals surface area (Å²) in [6.45, 7) is 2.31. The molecule has 0 saturated carbocycles. The van der Waals surface area contributed by atoms with Crippen LogP contribution in [-0.4, -0.2) is 37.5 Å². The Hall–Kier alpha value is -1.62. The van der Waals surface area contributed by atoms with Gasteiger partial charge in [0.05, 0.1) is 10.0 Å². The van der Waals surface area contributed by atoms with E-state index in [1.807, 2.05) is 11.9 Å². The van der Waals surface area contributed by atoms with Crippen LogP contribution < -0.4 is 5.32 Å². The molecule has 1 N–H and O–H groups in total. The van der Waals surface area contributed by atoms with Crippen LogP contribution in [0.3, 0.4) is 0 Å². The number of hydrogen-bond donors (Lipinski definition) is 1. The summed E-state index contributed by atoms with van der Waals surface area (Å²) < 4.78 is 13.9. The van der Waals surface area contributed by atoms with Crippen molar-refractivity contribution >= 4 is 29.1 Å². The van der Waals surface area contributed by atoms with Crippen LogP contribution >= 0.6 is 23.2 Å². The molecule has 1 aliphatic heterocycles. The highest BCUT2D eigenvalue weighted by Crippen LogP contribution is 2.32. The molecule has 1 aliphatic rings. The average Bonchev–Trinajstić information content (AvgIpc) is 2.64. The molecular formula is C20H21Cl2FN2O. The van der Waals surface area contributed by atoms with Gasteiger partial charge in [0.25, 0.3) is 5.91 Å². The van der Waals surface area contributed by atoms with Gasteiger partial charge in [-0.3, -0.25) is 4.79 Å². The number of amides is 1. The van der Waals surface area contributed by atoms with Gasteiger partial charge in [-0.25, -0.2) is 4.39 Å². The van der Waals surface area contributed by atoms with Gasteiger partial charge in [-0.1, -0.05) is 29.3 Å². The third kappa shape index (κ3) is 4.20. The Bertz CT molecular complexity index is 810. The number of hydrogen-bond acceptors (Lipinski definition) is 2. The van der Waals surface area contributed by atoms with Crippen molar-refractivity contribution in [1.29, 1.82) is 0 Å². The van der Waals surface area contributed by atoms with E-state index in [2.05, 4.69) is 5.32 Å². The second-order valence-electron chi connectivity index (χ2n) is 6.64. The van der Waals surface area contributed by atoms with E-state index in [4.69, 9.17) is 23.2 Å². The summed E-state index contributed by atoms with van der Waals surface area (Å²) in [4.78, 5) is 15.0. The summed E-state index contributed by atoms with van der Waals surface area (Å²) in [7, 11) is 1.92. The van der Waals surface area contributed by atoms with E-state index in [-0.39, 0.29) is 5.91 Å². The van der Waals surface area contributed by atoms with E-state index in [0.717, 1.165) is 25.9 Å². The van der Waals surface area contributed by atoms with E-state index in [1.54, 1.807) is 24.3 Å². The number of nitrogens with zero attached hydrogens (tertiary/aromatic N) is 1. The third-order valence-corrected chi connectivity index (χ3v) is 5.48. The largest absolute Gasteiger partial charge is 0.338 e. The number of benzene rings is 2. The molecule has 0 radical (unpaired) electrons. The normalized spacial score (nSPS) is 17.4. The first-order chi connectivity index (χ1) is 12.5. The lowest BCUT2D eigenvalue weighted by Crippen LogP contribution is -2.42. The fraction of sp³-hybridized carbons (Fsp3) is 0.350. The molecule has 1 unspecified atom stereocenters. The van der Waals surface area contributed by atoms with E-state index in [9.17, 15) is 9.18 Å². The van der Waals surface area contributed by atoms with Gasteiger partial charge in [0.1, 0.15) is 5.82 Å². The van der Waals surface area contributed by atoms with Gasteiger partial charge in [0, 0.05) is 18.7 Å². The number of carbonyl (C=O) groups excluding carboxylic acids is 1. The molecule has 3 rings (SSSR count). The van der Waals surface area contributed by atoms with Crippen LogP contribution in [0, 0.1) is 11.7 Å². The molecule has 0 spiro atoms. The Morgan fingerprint density at radius 3 is 2.77 bits per heavy atom. The standard InChI is InChI=1S/C20H21Cl2FN2O/c1-24-11-13-3-2-8-25(12-13)20(26)16-6-5-15(23)10-17(16)14-4-7-18(21)19(22)9-14/h4-7,9-10,13,24H,2-3,8,11-12H2,1H3. The zero-order valence-electron chi connectivity index (χ0n) is 14.6. The van der Waals surface area contributed by atoms with Crippen LogP contribution in [0.2, 0.25) is 10.0 Å². The number of rotatable bonds is 4. The van der Waals surface area contributed by atoms with Crippen molar-refractivity contribution in [2.75, 3.05) is 26.7 Å². The molecule has 0 bridgehead atoms. The van der Waals surface area contributed by atoms with Gasteiger partial charge in [0.15, 0.2) is 0 Å². The molecule has 1 heterocycles. The molecule has 1 saturated heterocycles. The molecule has 1 fully saturated rings. The van der Waals surface area contributed by atoms with Crippen LogP contribution in [0.5, 0.6) is 0 Å². The minimum atomic E-state index is -0.394. The van der Waals surface area contributed by atoms with Crippen molar-refractivity contribution in [3.63, 3.8) is 0 Å². The molecule has 3 nitrogen and oxygen atoms in total. The molecule has 2 aromatic carbocycles. The maximum absolute atomic E-state index is 13.9. The Labute approximate surface area is 163 Å². The van der Waals surface area contributed by atoms with Gasteiger partial charge < -0.3 is 10.2 Å². The number of likely N-dealkylation sites (tertiary alicyclic amines) is 1. The summed E-state index contributed by atoms with van der Waals surface area (Å²) >= 11 is 12.1. The molecule has 2 aromatic rings. The van der Waals surface area contributed by atoms with Gasteiger partial charge in [-0.15, -0.1) is 0 Å². The lowest BCUT2D eigenvalue weighted by atomic mass is 9.95. The predicted octanol–water partition coefficient (Wildman–Crippen LogP) is 4.87. The van der Waals surface area contributed by atoms with Gasteiger partial charge >= 0.3 is 0 Å². The highest BCUT2D eigenvalue weighted by atomic mass is 35.5. The molecule has 26 heavy (non-hydrogen) atoms. The summed E-state index contributed by atoms with van der Waals surface area (Å²) in [5, 5.41) is 3.97. The Morgan fingerprint density at radius 1 is 1.23 bits per heavy atom. The number of piperidine rings is 1. The van der Waals surface area contributed by atoms with E-state index >= 15 is 0 Å².